The fourth-order valence-electron chi connectivity index (χ4n) is 1.95. The summed E-state index contributed by atoms with van der Waals surface area (Å²) in [4.78, 5) is -0.296. The van der Waals surface area contributed by atoms with Crippen LogP contribution in [-0.2, 0) is 16.6 Å². The van der Waals surface area contributed by atoms with E-state index in [-0.39, 0.29) is 23.4 Å². The van der Waals surface area contributed by atoms with E-state index in [4.69, 9.17) is 5.73 Å². The number of nitrogens with zero attached hydrogens (tertiary/aromatic N) is 1. The molecule has 0 aliphatic rings. The molecule has 0 fully saturated rings. The minimum absolute atomic E-state index is 0.160. The molecule has 1 aromatic carbocycles. The second-order valence-corrected chi connectivity index (χ2v) is 7.39. The van der Waals surface area contributed by atoms with Crippen molar-refractivity contribution in [1.29, 1.82) is 0 Å². The summed E-state index contributed by atoms with van der Waals surface area (Å²) in [6.45, 7) is 7.95. The van der Waals surface area contributed by atoms with E-state index in [9.17, 15) is 12.8 Å². The summed E-state index contributed by atoms with van der Waals surface area (Å²) in [6.07, 6.45) is 0. The van der Waals surface area contributed by atoms with Gasteiger partial charge in [0, 0.05) is 19.1 Å². The van der Waals surface area contributed by atoms with Crippen LogP contribution in [0.1, 0.15) is 33.3 Å². The van der Waals surface area contributed by atoms with Crippen LogP contribution in [-0.4, -0.2) is 25.3 Å². The molecule has 2 N–H and O–H groups in total. The molecule has 20 heavy (non-hydrogen) atoms. The van der Waals surface area contributed by atoms with Crippen LogP contribution in [0.3, 0.4) is 0 Å². The van der Waals surface area contributed by atoms with Crippen LogP contribution in [0.2, 0.25) is 0 Å². The molecule has 0 heterocycles. The molecule has 0 spiro atoms. The van der Waals surface area contributed by atoms with Crippen molar-refractivity contribution in [2.45, 2.75) is 45.2 Å². The molecule has 0 atom stereocenters. The lowest BCUT2D eigenvalue weighted by atomic mass is 10.2. The lowest BCUT2D eigenvalue weighted by Crippen LogP contribution is -2.39. The summed E-state index contributed by atoms with van der Waals surface area (Å²) >= 11 is 0. The summed E-state index contributed by atoms with van der Waals surface area (Å²) in [5.41, 5.74) is 6.09. The van der Waals surface area contributed by atoms with E-state index in [2.05, 4.69) is 0 Å². The molecule has 0 aromatic heterocycles. The van der Waals surface area contributed by atoms with Crippen molar-refractivity contribution in [2.24, 2.45) is 11.7 Å². The topological polar surface area (TPSA) is 63.4 Å². The van der Waals surface area contributed by atoms with E-state index >= 15 is 0 Å². The van der Waals surface area contributed by atoms with Crippen molar-refractivity contribution in [1.82, 2.24) is 4.31 Å². The molecule has 0 aliphatic heterocycles. The lowest BCUT2D eigenvalue weighted by Gasteiger charge is -2.27. The Morgan fingerprint density at radius 1 is 1.25 bits per heavy atom. The highest BCUT2D eigenvalue weighted by Crippen LogP contribution is 2.23. The average molecular weight is 302 g/mol. The number of hydrogen-bond donors (Lipinski definition) is 1. The maximum atomic E-state index is 13.9. The van der Waals surface area contributed by atoms with Crippen molar-refractivity contribution in [3.05, 3.63) is 29.6 Å². The van der Waals surface area contributed by atoms with Crippen molar-refractivity contribution < 1.29 is 12.8 Å². The predicted molar refractivity (Wildman–Crippen MR) is 78.2 cm³/mol. The highest BCUT2D eigenvalue weighted by atomic mass is 32.2. The van der Waals surface area contributed by atoms with Gasteiger partial charge in [-0.1, -0.05) is 19.9 Å². The number of sulfonamides is 1. The van der Waals surface area contributed by atoms with E-state index < -0.39 is 15.8 Å². The molecule has 0 bridgehead atoms. The molecule has 0 saturated heterocycles. The first-order valence-corrected chi connectivity index (χ1v) is 8.14. The second kappa shape index (κ2) is 6.65. The van der Waals surface area contributed by atoms with Crippen molar-refractivity contribution in [3.63, 3.8) is 0 Å². The Hall–Kier alpha value is -0.980. The van der Waals surface area contributed by atoms with Crippen molar-refractivity contribution in [3.8, 4) is 0 Å². The zero-order chi connectivity index (χ0) is 15.5. The highest BCUT2D eigenvalue weighted by molar-refractivity contribution is 7.89. The van der Waals surface area contributed by atoms with Crippen LogP contribution in [0.15, 0.2) is 23.1 Å². The van der Waals surface area contributed by atoms with Gasteiger partial charge >= 0.3 is 0 Å². The molecule has 6 heteroatoms. The molecule has 0 radical (unpaired) electrons. The number of nitrogens with two attached hydrogens (primary N) is 1. The van der Waals surface area contributed by atoms with E-state index in [0.717, 1.165) is 6.07 Å². The largest absolute Gasteiger partial charge is 0.326 e. The van der Waals surface area contributed by atoms with Gasteiger partial charge in [-0.05, 0) is 37.5 Å². The van der Waals surface area contributed by atoms with Gasteiger partial charge in [-0.2, -0.15) is 4.31 Å². The summed E-state index contributed by atoms with van der Waals surface area (Å²) in [5, 5.41) is 0. The predicted octanol–water partition coefficient (Wildman–Crippen LogP) is 2.34. The van der Waals surface area contributed by atoms with Gasteiger partial charge in [0.15, 0.2) is 0 Å². The molecule has 0 saturated carbocycles. The Morgan fingerprint density at radius 2 is 1.85 bits per heavy atom. The molecule has 114 valence electrons. The normalized spacial score (nSPS) is 12.7. The molecular formula is C14H23FN2O2S. The molecule has 4 nitrogen and oxygen atoms in total. The molecule has 1 aromatic rings. The molecule has 0 aliphatic carbocycles. The second-order valence-electron chi connectivity index (χ2n) is 5.53. The maximum absolute atomic E-state index is 13.9. The first-order chi connectivity index (χ1) is 9.20. The van der Waals surface area contributed by atoms with Crippen LogP contribution in [0.4, 0.5) is 4.39 Å². The number of hydrogen-bond acceptors (Lipinski definition) is 3. The first kappa shape index (κ1) is 17.1. The summed E-state index contributed by atoms with van der Waals surface area (Å²) < 4.78 is 40.5. The monoisotopic (exact) mass is 302 g/mol. The zero-order valence-electron chi connectivity index (χ0n) is 12.4. The van der Waals surface area contributed by atoms with Gasteiger partial charge in [0.2, 0.25) is 10.0 Å². The van der Waals surface area contributed by atoms with Gasteiger partial charge in [-0.3, -0.25) is 0 Å². The third-order valence-corrected chi connectivity index (χ3v) is 5.00. The van der Waals surface area contributed by atoms with Gasteiger partial charge in [-0.15, -0.1) is 0 Å². The third kappa shape index (κ3) is 3.77. The summed E-state index contributed by atoms with van der Waals surface area (Å²) in [6, 6.07) is 3.74. The fourth-order valence-corrected chi connectivity index (χ4v) is 3.86. The Kier molecular flexibility index (Phi) is 5.68. The lowest BCUT2D eigenvalue weighted by molar-refractivity contribution is 0.317. The van der Waals surface area contributed by atoms with E-state index in [1.807, 2.05) is 13.8 Å². The van der Waals surface area contributed by atoms with Crippen LogP contribution < -0.4 is 5.73 Å². The minimum Gasteiger partial charge on any atom is -0.326 e. The number of rotatable bonds is 6. The van der Waals surface area contributed by atoms with Gasteiger partial charge in [0.25, 0.3) is 0 Å². The minimum atomic E-state index is -3.86. The smallest absolute Gasteiger partial charge is 0.246 e. The van der Waals surface area contributed by atoms with Crippen LogP contribution in [0.25, 0.3) is 0 Å². The fraction of sp³-hybridized carbons (Fsp3) is 0.571. The Labute approximate surface area is 120 Å². The standard InChI is InChI=1S/C14H23FN2O2S/c1-10(2)9-17(11(3)4)20(18,19)14-7-12(8-16)5-6-13(14)15/h5-7,10-11H,8-9,16H2,1-4H3. The van der Waals surface area contributed by atoms with Gasteiger partial charge in [-0.25, -0.2) is 12.8 Å². The quantitative estimate of drug-likeness (QED) is 0.877. The zero-order valence-corrected chi connectivity index (χ0v) is 13.2. The molecule has 0 amide bonds. The first-order valence-electron chi connectivity index (χ1n) is 6.70. The van der Waals surface area contributed by atoms with E-state index in [1.165, 1.54) is 16.4 Å². The summed E-state index contributed by atoms with van der Waals surface area (Å²) in [5.74, 6) is -0.579. The van der Waals surface area contributed by atoms with E-state index in [0.29, 0.717) is 12.1 Å². The SMILES string of the molecule is CC(C)CN(C(C)C)S(=O)(=O)c1cc(CN)ccc1F. The van der Waals surface area contributed by atoms with Crippen molar-refractivity contribution in [2.75, 3.05) is 6.54 Å². The van der Waals surface area contributed by atoms with E-state index in [1.54, 1.807) is 13.8 Å². The van der Waals surface area contributed by atoms with Crippen LogP contribution in [0, 0.1) is 11.7 Å². The Morgan fingerprint density at radius 3 is 2.30 bits per heavy atom. The van der Waals surface area contributed by atoms with Crippen LogP contribution >= 0.6 is 0 Å². The highest BCUT2D eigenvalue weighted by Gasteiger charge is 2.30. The van der Waals surface area contributed by atoms with Gasteiger partial charge < -0.3 is 5.73 Å². The number of halogens is 1. The average Bonchev–Trinajstić information content (AvgIpc) is 2.35. The molecule has 0 unspecified atom stereocenters. The molecule has 1 rings (SSSR count). The molecular weight excluding hydrogens is 279 g/mol. The number of benzene rings is 1. The van der Waals surface area contributed by atoms with Crippen molar-refractivity contribution >= 4 is 10.0 Å². The Bertz CT molecular complexity index is 556. The Balaban J connectivity index is 3.32. The third-order valence-electron chi connectivity index (χ3n) is 2.94. The van der Waals surface area contributed by atoms with Crippen LogP contribution in [0.5, 0.6) is 0 Å². The summed E-state index contributed by atoms with van der Waals surface area (Å²) in [7, 11) is -3.86. The van der Waals surface area contributed by atoms with Gasteiger partial charge in [0.1, 0.15) is 10.7 Å². The maximum Gasteiger partial charge on any atom is 0.246 e. The van der Waals surface area contributed by atoms with Gasteiger partial charge in [0.05, 0.1) is 0 Å².